The fraction of sp³-hybridized carbons (Fsp3) is 0.111. The van der Waals surface area contributed by atoms with E-state index in [0.29, 0.717) is 29.5 Å². The third kappa shape index (κ3) is 5.17. The Morgan fingerprint density at radius 1 is 0.857 bits per heavy atom. The Morgan fingerprint density at radius 3 is 2.40 bits per heavy atom. The molecule has 0 aliphatic carbocycles. The van der Waals surface area contributed by atoms with Gasteiger partial charge in [-0.3, -0.25) is 0 Å². The highest BCUT2D eigenvalue weighted by Crippen LogP contribution is 2.31. The van der Waals surface area contributed by atoms with Gasteiger partial charge in [0.25, 0.3) is 5.89 Å². The average Bonchev–Trinajstić information content (AvgIpc) is 3.53. The molecule has 0 atom stereocenters. The number of hydrogen-bond acceptors (Lipinski definition) is 7. The van der Waals surface area contributed by atoms with Crippen molar-refractivity contribution in [3.05, 3.63) is 108 Å². The Balaban J connectivity index is 1.33. The summed E-state index contributed by atoms with van der Waals surface area (Å²) in [6, 6.07) is 27.2. The Bertz CT molecular complexity index is 1540. The number of aryl methyl sites for hydroxylation is 1. The van der Waals surface area contributed by atoms with Crippen molar-refractivity contribution in [3.8, 4) is 28.8 Å². The van der Waals surface area contributed by atoms with E-state index in [-0.39, 0.29) is 22.3 Å². The van der Waals surface area contributed by atoms with Crippen LogP contribution in [-0.4, -0.2) is 18.6 Å². The molecular formula is C27H22N2O5S. The molecule has 5 rings (SSSR count). The van der Waals surface area contributed by atoms with Gasteiger partial charge in [-0.15, -0.1) is 0 Å². The molecule has 0 amide bonds. The predicted molar refractivity (Wildman–Crippen MR) is 130 cm³/mol. The summed E-state index contributed by atoms with van der Waals surface area (Å²) in [5.74, 6) is 1.42. The molecule has 0 unspecified atom stereocenters. The number of para-hydroxylation sites is 1. The Kier molecular flexibility index (Phi) is 6.20. The summed E-state index contributed by atoms with van der Waals surface area (Å²) in [6.07, 6.45) is 0. The lowest BCUT2D eigenvalue weighted by molar-refractivity contribution is 0.307. The van der Waals surface area contributed by atoms with Gasteiger partial charge in [-0.05, 0) is 48.9 Å². The van der Waals surface area contributed by atoms with Gasteiger partial charge in [-0.1, -0.05) is 65.3 Å². The number of ether oxygens (including phenoxy) is 1. The molecular weight excluding hydrogens is 464 g/mol. The predicted octanol–water partition coefficient (Wildman–Crippen LogP) is 5.86. The van der Waals surface area contributed by atoms with Crippen molar-refractivity contribution in [1.29, 1.82) is 0 Å². The summed E-state index contributed by atoms with van der Waals surface area (Å²) in [5, 5.41) is 4.07. The second-order valence-electron chi connectivity index (χ2n) is 8.03. The molecule has 0 bridgehead atoms. The maximum Gasteiger partial charge on any atom is 0.293 e. The molecule has 0 fully saturated rings. The zero-order valence-corrected chi connectivity index (χ0v) is 19.7. The summed E-state index contributed by atoms with van der Waals surface area (Å²) >= 11 is 0. The van der Waals surface area contributed by atoms with E-state index >= 15 is 0 Å². The summed E-state index contributed by atoms with van der Waals surface area (Å²) in [6.45, 7) is 2.31. The highest BCUT2D eigenvalue weighted by Gasteiger charge is 2.21. The first-order valence-electron chi connectivity index (χ1n) is 11.0. The first-order valence-corrected chi connectivity index (χ1v) is 12.6. The van der Waals surface area contributed by atoms with Crippen molar-refractivity contribution in [2.75, 3.05) is 0 Å². The Morgan fingerprint density at radius 2 is 1.60 bits per heavy atom. The van der Waals surface area contributed by atoms with Crippen LogP contribution in [0.15, 0.2) is 105 Å². The largest absolute Gasteiger partial charge is 0.488 e. The second-order valence-corrected chi connectivity index (χ2v) is 10.0. The number of sulfone groups is 1. The van der Waals surface area contributed by atoms with Gasteiger partial charge >= 0.3 is 0 Å². The van der Waals surface area contributed by atoms with Gasteiger partial charge in [0, 0.05) is 0 Å². The molecule has 2 heterocycles. The van der Waals surface area contributed by atoms with Crippen LogP contribution < -0.4 is 4.74 Å². The molecule has 176 valence electrons. The van der Waals surface area contributed by atoms with Gasteiger partial charge in [-0.2, -0.15) is 4.98 Å². The van der Waals surface area contributed by atoms with Crippen LogP contribution in [0.4, 0.5) is 0 Å². The van der Waals surface area contributed by atoms with E-state index in [1.165, 1.54) is 0 Å². The fourth-order valence-electron chi connectivity index (χ4n) is 3.53. The molecule has 0 N–H and O–H groups in total. The second kappa shape index (κ2) is 9.60. The summed E-state index contributed by atoms with van der Waals surface area (Å²) in [7, 11) is -3.55. The molecule has 3 aromatic carbocycles. The minimum Gasteiger partial charge on any atom is -0.488 e. The molecule has 2 aromatic heterocycles. The molecule has 0 spiro atoms. The lowest BCUT2D eigenvalue weighted by Gasteiger charge is -2.09. The molecule has 8 heteroatoms. The standard InChI is InChI=1S/C27H22N2O5S/c1-19-11-14-22(15-12-19)35(30,31)18-21-13-16-25(33-21)27-28-26(29-34-27)23-9-5-6-10-24(23)32-17-20-7-3-2-4-8-20/h2-16H,17-18H2,1H3. The first kappa shape index (κ1) is 22.6. The Labute approximate surface area is 202 Å². The van der Waals surface area contributed by atoms with Gasteiger partial charge < -0.3 is 13.7 Å². The number of benzene rings is 3. The van der Waals surface area contributed by atoms with Crippen LogP contribution >= 0.6 is 0 Å². The van der Waals surface area contributed by atoms with Gasteiger partial charge in [-0.25, -0.2) is 8.42 Å². The minimum absolute atomic E-state index is 0.150. The third-order valence-electron chi connectivity index (χ3n) is 5.38. The van der Waals surface area contributed by atoms with E-state index in [1.807, 2.05) is 61.5 Å². The van der Waals surface area contributed by atoms with Crippen molar-refractivity contribution >= 4 is 9.84 Å². The molecule has 0 saturated heterocycles. The summed E-state index contributed by atoms with van der Waals surface area (Å²) in [4.78, 5) is 4.69. The topological polar surface area (TPSA) is 95.4 Å². The lowest BCUT2D eigenvalue weighted by atomic mass is 10.2. The smallest absolute Gasteiger partial charge is 0.293 e. The first-order chi connectivity index (χ1) is 17.0. The van der Waals surface area contributed by atoms with Crippen molar-refractivity contribution in [2.24, 2.45) is 0 Å². The van der Waals surface area contributed by atoms with Gasteiger partial charge in [0.05, 0.1) is 10.5 Å². The molecule has 0 radical (unpaired) electrons. The van der Waals surface area contributed by atoms with Gasteiger partial charge in [0.15, 0.2) is 15.6 Å². The van der Waals surface area contributed by atoms with Crippen LogP contribution in [0, 0.1) is 6.92 Å². The number of furan rings is 1. The van der Waals surface area contributed by atoms with E-state index in [4.69, 9.17) is 13.7 Å². The number of hydrogen-bond donors (Lipinski definition) is 0. The maximum atomic E-state index is 12.7. The average molecular weight is 487 g/mol. The van der Waals surface area contributed by atoms with E-state index in [0.717, 1.165) is 11.1 Å². The van der Waals surface area contributed by atoms with Gasteiger partial charge in [0.1, 0.15) is 23.9 Å². The number of nitrogens with zero attached hydrogens (tertiary/aromatic N) is 2. The van der Waals surface area contributed by atoms with E-state index in [9.17, 15) is 8.42 Å². The number of aromatic nitrogens is 2. The fourth-order valence-corrected chi connectivity index (χ4v) is 4.78. The van der Waals surface area contributed by atoms with E-state index in [1.54, 1.807) is 36.4 Å². The van der Waals surface area contributed by atoms with Crippen molar-refractivity contribution in [2.45, 2.75) is 24.2 Å². The van der Waals surface area contributed by atoms with Crippen LogP contribution in [-0.2, 0) is 22.2 Å². The van der Waals surface area contributed by atoms with Crippen LogP contribution in [0.5, 0.6) is 5.75 Å². The molecule has 35 heavy (non-hydrogen) atoms. The third-order valence-corrected chi connectivity index (χ3v) is 7.03. The van der Waals surface area contributed by atoms with Crippen molar-refractivity contribution in [1.82, 2.24) is 10.1 Å². The lowest BCUT2D eigenvalue weighted by Crippen LogP contribution is -2.04. The van der Waals surface area contributed by atoms with Gasteiger partial charge in [0.2, 0.25) is 5.82 Å². The molecule has 0 aliphatic heterocycles. The molecule has 0 saturated carbocycles. The van der Waals surface area contributed by atoms with E-state index < -0.39 is 9.84 Å². The normalized spacial score (nSPS) is 11.5. The summed E-state index contributed by atoms with van der Waals surface area (Å²) in [5.41, 5.74) is 2.70. The van der Waals surface area contributed by atoms with Crippen LogP contribution in [0.25, 0.3) is 23.0 Å². The highest BCUT2D eigenvalue weighted by molar-refractivity contribution is 7.90. The zero-order valence-electron chi connectivity index (χ0n) is 18.9. The number of rotatable bonds is 8. The van der Waals surface area contributed by atoms with Crippen LogP contribution in [0.2, 0.25) is 0 Å². The van der Waals surface area contributed by atoms with Crippen LogP contribution in [0.1, 0.15) is 16.9 Å². The molecule has 0 aliphatic rings. The molecule has 7 nitrogen and oxygen atoms in total. The SMILES string of the molecule is Cc1ccc(S(=O)(=O)Cc2ccc(-c3nc(-c4ccccc4OCc4ccccc4)no3)o2)cc1. The van der Waals surface area contributed by atoms with Crippen LogP contribution in [0.3, 0.4) is 0 Å². The molecule has 5 aromatic rings. The maximum absolute atomic E-state index is 12.7. The van der Waals surface area contributed by atoms with Crippen molar-refractivity contribution < 1.29 is 22.1 Å². The summed E-state index contributed by atoms with van der Waals surface area (Å²) < 4.78 is 42.6. The quantitative estimate of drug-likeness (QED) is 0.271. The minimum atomic E-state index is -3.55. The zero-order chi connectivity index (χ0) is 24.3. The monoisotopic (exact) mass is 486 g/mol. The highest BCUT2D eigenvalue weighted by atomic mass is 32.2. The Hall–Kier alpha value is -4.17. The van der Waals surface area contributed by atoms with Crippen molar-refractivity contribution in [3.63, 3.8) is 0 Å². The van der Waals surface area contributed by atoms with E-state index in [2.05, 4.69) is 10.1 Å².